The summed E-state index contributed by atoms with van der Waals surface area (Å²) in [6, 6.07) is 10.8. The number of hydrogen-bond donors (Lipinski definition) is 0. The largest absolute Gasteiger partial charge is 0.500 e. The van der Waals surface area contributed by atoms with E-state index in [1.165, 1.54) is 0 Å². The molecule has 0 atom stereocenters. The Morgan fingerprint density at radius 3 is 2.17 bits per heavy atom. The van der Waals surface area contributed by atoms with Crippen LogP contribution in [0.25, 0.3) is 11.3 Å². The maximum Gasteiger partial charge on any atom is 0.500 e. The highest BCUT2D eigenvalue weighted by Crippen LogP contribution is 2.19. The van der Waals surface area contributed by atoms with Crippen LogP contribution in [0.5, 0.6) is 0 Å². The average molecular weight is 350 g/mol. The molecule has 0 saturated heterocycles. The predicted molar refractivity (Wildman–Crippen MR) is 95.5 cm³/mol. The van der Waals surface area contributed by atoms with Gasteiger partial charge in [-0.05, 0) is 27.2 Å². The minimum Gasteiger partial charge on any atom is -0.374 e. The van der Waals surface area contributed by atoms with Gasteiger partial charge >= 0.3 is 8.80 Å². The molecule has 6 nitrogen and oxygen atoms in total. The maximum absolute atomic E-state index is 5.87. The maximum atomic E-state index is 5.87. The van der Waals surface area contributed by atoms with E-state index in [0.717, 1.165) is 30.3 Å². The Morgan fingerprint density at radius 1 is 0.958 bits per heavy atom. The lowest BCUT2D eigenvalue weighted by Gasteiger charge is -2.28. The first-order valence-electron chi connectivity index (χ1n) is 8.60. The highest BCUT2D eigenvalue weighted by Gasteiger charge is 2.39. The van der Waals surface area contributed by atoms with Crippen molar-refractivity contribution in [3.63, 3.8) is 0 Å². The lowest BCUT2D eigenvalue weighted by atomic mass is 10.2. The zero-order valence-electron chi connectivity index (χ0n) is 14.8. The first-order chi connectivity index (χ1) is 11.7. The molecule has 132 valence electrons. The lowest BCUT2D eigenvalue weighted by molar-refractivity contribution is 0.0704. The predicted octanol–water partition coefficient (Wildman–Crippen LogP) is 3.38. The lowest BCUT2D eigenvalue weighted by Crippen LogP contribution is -2.46. The molecular weight excluding hydrogens is 322 g/mol. The van der Waals surface area contributed by atoms with Gasteiger partial charge in [0.2, 0.25) is 0 Å². The molecule has 7 heteroatoms. The van der Waals surface area contributed by atoms with Crippen LogP contribution in [-0.4, -0.2) is 43.6 Å². The van der Waals surface area contributed by atoms with Gasteiger partial charge in [-0.3, -0.25) is 4.68 Å². The summed E-state index contributed by atoms with van der Waals surface area (Å²) >= 11 is 0. The number of aromatic nitrogens is 3. The fourth-order valence-corrected chi connectivity index (χ4v) is 5.20. The highest BCUT2D eigenvalue weighted by molar-refractivity contribution is 6.60. The molecule has 0 saturated carbocycles. The third-order valence-electron chi connectivity index (χ3n) is 3.57. The van der Waals surface area contributed by atoms with Crippen molar-refractivity contribution in [2.24, 2.45) is 0 Å². The van der Waals surface area contributed by atoms with E-state index in [1.807, 2.05) is 62.0 Å². The summed E-state index contributed by atoms with van der Waals surface area (Å²) in [6.45, 7) is 8.51. The molecule has 0 N–H and O–H groups in total. The molecule has 0 aliphatic heterocycles. The van der Waals surface area contributed by atoms with E-state index in [1.54, 1.807) is 0 Å². The van der Waals surface area contributed by atoms with E-state index >= 15 is 0 Å². The Hall–Kier alpha value is -1.54. The normalized spacial score (nSPS) is 11.8. The average Bonchev–Trinajstić information content (AvgIpc) is 3.05. The van der Waals surface area contributed by atoms with Crippen LogP contribution in [0.1, 0.15) is 27.2 Å². The second kappa shape index (κ2) is 9.68. The molecule has 1 aromatic heterocycles. The Balaban J connectivity index is 1.93. The van der Waals surface area contributed by atoms with Crippen molar-refractivity contribution in [1.82, 2.24) is 15.0 Å². The molecule has 0 radical (unpaired) electrons. The molecule has 0 amide bonds. The standard InChI is InChI=1S/C17H27N3O3Si/c1-4-21-24(22-5-2,23-6-3)14-10-13-20-15-17(18-19-20)16-11-8-7-9-12-16/h7-9,11-12,15H,4-6,10,13-14H2,1-3H3. The summed E-state index contributed by atoms with van der Waals surface area (Å²) in [5, 5.41) is 8.45. The molecule has 0 spiro atoms. The van der Waals surface area contributed by atoms with Crippen LogP contribution in [0.4, 0.5) is 0 Å². The van der Waals surface area contributed by atoms with Gasteiger partial charge in [-0.25, -0.2) is 0 Å². The topological polar surface area (TPSA) is 58.4 Å². The van der Waals surface area contributed by atoms with Crippen LogP contribution in [0.2, 0.25) is 6.04 Å². The molecule has 0 aliphatic carbocycles. The van der Waals surface area contributed by atoms with Gasteiger partial charge in [0.1, 0.15) is 5.69 Å². The zero-order valence-corrected chi connectivity index (χ0v) is 15.8. The molecule has 2 rings (SSSR count). The molecular formula is C17H27N3O3Si. The molecule has 0 aliphatic rings. The molecule has 1 heterocycles. The highest BCUT2D eigenvalue weighted by atomic mass is 28.4. The Kier molecular flexibility index (Phi) is 7.58. The van der Waals surface area contributed by atoms with Crippen LogP contribution < -0.4 is 0 Å². The van der Waals surface area contributed by atoms with Crippen LogP contribution >= 0.6 is 0 Å². The summed E-state index contributed by atoms with van der Waals surface area (Å²) < 4.78 is 19.5. The Morgan fingerprint density at radius 2 is 1.58 bits per heavy atom. The first-order valence-corrected chi connectivity index (χ1v) is 10.5. The van der Waals surface area contributed by atoms with E-state index in [2.05, 4.69) is 10.3 Å². The number of hydrogen-bond acceptors (Lipinski definition) is 5. The number of benzene rings is 1. The Labute approximate surface area is 145 Å². The molecule has 1 aromatic carbocycles. The van der Waals surface area contributed by atoms with Gasteiger partial charge in [0.05, 0.1) is 6.20 Å². The third kappa shape index (κ3) is 5.24. The van der Waals surface area contributed by atoms with Crippen molar-refractivity contribution in [3.05, 3.63) is 36.5 Å². The molecule has 24 heavy (non-hydrogen) atoms. The summed E-state index contributed by atoms with van der Waals surface area (Å²) in [5.74, 6) is 0. The van der Waals surface area contributed by atoms with Crippen LogP contribution in [0.3, 0.4) is 0 Å². The first kappa shape index (κ1) is 18.8. The van der Waals surface area contributed by atoms with E-state index in [9.17, 15) is 0 Å². The van der Waals surface area contributed by atoms with Crippen LogP contribution in [0, 0.1) is 0 Å². The smallest absolute Gasteiger partial charge is 0.374 e. The van der Waals surface area contributed by atoms with Crippen molar-refractivity contribution in [3.8, 4) is 11.3 Å². The van der Waals surface area contributed by atoms with Gasteiger partial charge in [0, 0.05) is 38.0 Å². The minimum atomic E-state index is -2.57. The van der Waals surface area contributed by atoms with E-state index in [4.69, 9.17) is 13.3 Å². The summed E-state index contributed by atoms with van der Waals surface area (Å²) in [7, 11) is -2.57. The fraction of sp³-hybridized carbons (Fsp3) is 0.529. The van der Waals surface area contributed by atoms with Gasteiger partial charge < -0.3 is 13.3 Å². The van der Waals surface area contributed by atoms with Gasteiger partial charge in [-0.2, -0.15) is 0 Å². The Bertz CT molecular complexity index is 575. The van der Waals surface area contributed by atoms with Gasteiger partial charge in [0.25, 0.3) is 0 Å². The van der Waals surface area contributed by atoms with Gasteiger partial charge in [0.15, 0.2) is 0 Å². The van der Waals surface area contributed by atoms with Crippen LogP contribution in [0.15, 0.2) is 36.5 Å². The fourth-order valence-electron chi connectivity index (χ4n) is 2.61. The molecule has 2 aromatic rings. The molecule has 0 unspecified atom stereocenters. The van der Waals surface area contributed by atoms with E-state index in [-0.39, 0.29) is 0 Å². The number of aryl methyl sites for hydroxylation is 1. The summed E-state index contributed by atoms with van der Waals surface area (Å²) in [5.41, 5.74) is 1.96. The van der Waals surface area contributed by atoms with Crippen molar-refractivity contribution >= 4 is 8.80 Å². The second-order valence-corrected chi connectivity index (χ2v) is 8.05. The quantitative estimate of drug-likeness (QED) is 0.582. The van der Waals surface area contributed by atoms with Crippen molar-refractivity contribution in [2.75, 3.05) is 19.8 Å². The van der Waals surface area contributed by atoms with Crippen LogP contribution in [-0.2, 0) is 19.8 Å². The monoisotopic (exact) mass is 349 g/mol. The number of nitrogens with zero attached hydrogens (tertiary/aromatic N) is 3. The zero-order chi connectivity index (χ0) is 17.3. The molecule has 0 fully saturated rings. The van der Waals surface area contributed by atoms with Crippen molar-refractivity contribution < 1.29 is 13.3 Å². The second-order valence-electron chi connectivity index (χ2n) is 5.32. The summed E-state index contributed by atoms with van der Waals surface area (Å²) in [4.78, 5) is 0. The van der Waals surface area contributed by atoms with Crippen molar-refractivity contribution in [1.29, 1.82) is 0 Å². The SMILES string of the molecule is CCO[Si](CCCn1cc(-c2ccccc2)nn1)(OCC)OCC. The van der Waals surface area contributed by atoms with E-state index < -0.39 is 8.80 Å². The van der Waals surface area contributed by atoms with Gasteiger partial charge in [-0.15, -0.1) is 5.10 Å². The van der Waals surface area contributed by atoms with E-state index in [0.29, 0.717) is 19.8 Å². The van der Waals surface area contributed by atoms with Crippen molar-refractivity contribution in [2.45, 2.75) is 39.8 Å². The van der Waals surface area contributed by atoms with Gasteiger partial charge in [-0.1, -0.05) is 35.5 Å². The third-order valence-corrected chi connectivity index (χ3v) is 6.72. The summed E-state index contributed by atoms with van der Waals surface area (Å²) in [6.07, 6.45) is 2.85. The minimum absolute atomic E-state index is 0.605. The number of rotatable bonds is 11. The molecule has 0 bridgehead atoms.